The lowest BCUT2D eigenvalue weighted by Gasteiger charge is -2.62. The third-order valence-electron chi connectivity index (χ3n) is 7.42. The lowest BCUT2D eigenvalue weighted by molar-refractivity contribution is -0.200. The number of carbonyl (C=O) groups is 1. The van der Waals surface area contributed by atoms with Crippen molar-refractivity contribution < 1.29 is 15.0 Å². The van der Waals surface area contributed by atoms with Gasteiger partial charge >= 0.3 is 0 Å². The number of rotatable bonds is 1. The number of aliphatic hydroxyl groups is 2. The zero-order chi connectivity index (χ0) is 17.2. The van der Waals surface area contributed by atoms with Gasteiger partial charge in [0.1, 0.15) is 0 Å². The van der Waals surface area contributed by atoms with E-state index in [9.17, 15) is 15.0 Å². The monoisotopic (exact) mass is 318 g/mol. The Morgan fingerprint density at radius 1 is 1.26 bits per heavy atom. The number of aliphatic hydroxyl groups excluding tert-OH is 2. The minimum Gasteiger partial charge on any atom is -0.390 e. The number of hydrogen-bond donors (Lipinski definition) is 2. The first kappa shape index (κ1) is 16.9. The van der Waals surface area contributed by atoms with E-state index in [-0.39, 0.29) is 28.4 Å². The van der Waals surface area contributed by atoms with Crippen molar-refractivity contribution in [3.8, 4) is 0 Å². The summed E-state index contributed by atoms with van der Waals surface area (Å²) in [5, 5.41) is 21.0. The largest absolute Gasteiger partial charge is 0.390 e. The fraction of sp³-hybridized carbons (Fsp3) is 0.750. The molecule has 0 unspecified atom stereocenters. The Bertz CT molecular complexity index is 561. The van der Waals surface area contributed by atoms with Gasteiger partial charge < -0.3 is 10.2 Å². The van der Waals surface area contributed by atoms with Crippen LogP contribution in [-0.2, 0) is 4.79 Å². The summed E-state index contributed by atoms with van der Waals surface area (Å²) in [5.74, 6) is 1.04. The van der Waals surface area contributed by atoms with Crippen LogP contribution in [0, 0.1) is 34.5 Å². The predicted molar refractivity (Wildman–Crippen MR) is 90.7 cm³/mol. The molecule has 3 aliphatic rings. The van der Waals surface area contributed by atoms with Crippen molar-refractivity contribution in [1.29, 1.82) is 0 Å². The van der Waals surface area contributed by atoms with E-state index in [0.29, 0.717) is 18.3 Å². The van der Waals surface area contributed by atoms with Gasteiger partial charge in [-0.05, 0) is 59.5 Å². The number of ketones is 1. The summed E-state index contributed by atoms with van der Waals surface area (Å²) in [5.41, 5.74) is 0.428. The summed E-state index contributed by atoms with van der Waals surface area (Å²) in [7, 11) is 0. The molecule has 3 nitrogen and oxygen atoms in total. The predicted octanol–water partition coefficient (Wildman–Crippen LogP) is 3.12. The standard InChI is InChI=1S/C20H30O3/c1-6-12-9-14(21)17-13(11(12)2)7-8-16-19(3,4)18(23)15(22)10-20(16,17)5/h6,9,11,13,15-18,22-23H,1,7-8,10H2,2-5H3/t11-,13-,15-,16-,17+,18-,20-/m1/s1. The Kier molecular flexibility index (Phi) is 3.89. The van der Waals surface area contributed by atoms with Crippen molar-refractivity contribution in [2.45, 2.75) is 59.2 Å². The molecule has 0 aliphatic heterocycles. The van der Waals surface area contributed by atoms with Gasteiger partial charge in [-0.1, -0.05) is 40.3 Å². The lowest BCUT2D eigenvalue weighted by atomic mass is 9.42. The van der Waals surface area contributed by atoms with Crippen molar-refractivity contribution in [2.75, 3.05) is 0 Å². The van der Waals surface area contributed by atoms with E-state index < -0.39 is 12.2 Å². The highest BCUT2D eigenvalue weighted by molar-refractivity contribution is 5.95. The van der Waals surface area contributed by atoms with Gasteiger partial charge in [-0.2, -0.15) is 0 Å². The fourth-order valence-electron chi connectivity index (χ4n) is 6.27. The molecule has 2 N–H and O–H groups in total. The second kappa shape index (κ2) is 5.29. The van der Waals surface area contributed by atoms with Gasteiger partial charge in [0, 0.05) is 5.92 Å². The quantitative estimate of drug-likeness (QED) is 0.781. The molecule has 0 heterocycles. The molecule has 0 radical (unpaired) electrons. The summed E-state index contributed by atoms with van der Waals surface area (Å²) in [6.07, 6.45) is 4.66. The molecule has 2 fully saturated rings. The van der Waals surface area contributed by atoms with Gasteiger partial charge in [-0.25, -0.2) is 0 Å². The summed E-state index contributed by atoms with van der Waals surface area (Å²) in [6.45, 7) is 12.3. The molecule has 3 aliphatic carbocycles. The summed E-state index contributed by atoms with van der Waals surface area (Å²) in [4.78, 5) is 12.9. The van der Waals surface area contributed by atoms with E-state index in [1.165, 1.54) is 0 Å². The molecule has 0 aromatic heterocycles. The van der Waals surface area contributed by atoms with Crippen LogP contribution >= 0.6 is 0 Å². The molecule has 3 heteroatoms. The lowest BCUT2D eigenvalue weighted by Crippen LogP contribution is -2.63. The first-order valence-corrected chi connectivity index (χ1v) is 8.88. The second-order valence-electron chi connectivity index (χ2n) is 8.85. The summed E-state index contributed by atoms with van der Waals surface area (Å²) in [6, 6.07) is 0. The maximum atomic E-state index is 12.9. The fourth-order valence-corrected chi connectivity index (χ4v) is 6.27. The highest BCUT2D eigenvalue weighted by Gasteiger charge is 2.62. The van der Waals surface area contributed by atoms with Gasteiger partial charge in [0.15, 0.2) is 5.78 Å². The molecule has 0 amide bonds. The smallest absolute Gasteiger partial charge is 0.159 e. The Hall–Kier alpha value is -0.930. The molecule has 0 aromatic rings. The molecular formula is C20H30O3. The van der Waals surface area contributed by atoms with Crippen LogP contribution in [0.25, 0.3) is 0 Å². The Balaban J connectivity index is 2.07. The average molecular weight is 318 g/mol. The highest BCUT2D eigenvalue weighted by atomic mass is 16.3. The third-order valence-corrected chi connectivity index (χ3v) is 7.42. The molecule has 0 aromatic carbocycles. The second-order valence-corrected chi connectivity index (χ2v) is 8.85. The van der Waals surface area contributed by atoms with Crippen molar-refractivity contribution in [3.63, 3.8) is 0 Å². The normalized spacial score (nSPS) is 49.0. The minimum absolute atomic E-state index is 0.0543. The molecule has 2 saturated carbocycles. The van der Waals surface area contributed by atoms with Crippen LogP contribution in [-0.4, -0.2) is 28.2 Å². The number of carbonyl (C=O) groups excluding carboxylic acids is 1. The molecular weight excluding hydrogens is 288 g/mol. The molecule has 0 bridgehead atoms. The van der Waals surface area contributed by atoms with E-state index in [4.69, 9.17) is 0 Å². The van der Waals surface area contributed by atoms with Crippen LogP contribution in [0.2, 0.25) is 0 Å². The topological polar surface area (TPSA) is 57.5 Å². The Labute approximate surface area is 139 Å². The van der Waals surface area contributed by atoms with E-state index in [1.54, 1.807) is 6.08 Å². The minimum atomic E-state index is -0.752. The first-order valence-electron chi connectivity index (χ1n) is 8.88. The first-order chi connectivity index (χ1) is 10.6. The van der Waals surface area contributed by atoms with Gasteiger partial charge in [0.2, 0.25) is 0 Å². The van der Waals surface area contributed by atoms with Crippen molar-refractivity contribution in [1.82, 2.24) is 0 Å². The molecule has 0 spiro atoms. The van der Waals surface area contributed by atoms with Crippen LogP contribution in [0.3, 0.4) is 0 Å². The molecule has 128 valence electrons. The van der Waals surface area contributed by atoms with Gasteiger partial charge in [0.25, 0.3) is 0 Å². The molecule has 3 rings (SSSR count). The van der Waals surface area contributed by atoms with Crippen LogP contribution in [0.1, 0.15) is 47.0 Å². The van der Waals surface area contributed by atoms with Crippen LogP contribution in [0.4, 0.5) is 0 Å². The van der Waals surface area contributed by atoms with Gasteiger partial charge in [-0.15, -0.1) is 0 Å². The van der Waals surface area contributed by atoms with E-state index in [1.807, 2.05) is 19.9 Å². The van der Waals surface area contributed by atoms with E-state index in [2.05, 4.69) is 20.4 Å². The van der Waals surface area contributed by atoms with Gasteiger partial charge in [0.05, 0.1) is 12.2 Å². The van der Waals surface area contributed by atoms with Crippen LogP contribution < -0.4 is 0 Å². The zero-order valence-corrected chi connectivity index (χ0v) is 14.7. The third kappa shape index (κ3) is 2.20. The Morgan fingerprint density at radius 2 is 1.91 bits per heavy atom. The molecule has 7 atom stereocenters. The summed E-state index contributed by atoms with van der Waals surface area (Å²) >= 11 is 0. The number of hydrogen-bond acceptors (Lipinski definition) is 3. The van der Waals surface area contributed by atoms with Crippen molar-refractivity contribution in [3.05, 3.63) is 24.3 Å². The van der Waals surface area contributed by atoms with Crippen molar-refractivity contribution in [2.24, 2.45) is 34.5 Å². The van der Waals surface area contributed by atoms with Crippen LogP contribution in [0.15, 0.2) is 24.3 Å². The van der Waals surface area contributed by atoms with E-state index in [0.717, 1.165) is 18.4 Å². The number of allylic oxidation sites excluding steroid dienone is 3. The Morgan fingerprint density at radius 3 is 2.52 bits per heavy atom. The maximum absolute atomic E-state index is 12.9. The van der Waals surface area contributed by atoms with Crippen molar-refractivity contribution >= 4 is 5.78 Å². The average Bonchev–Trinajstić information content (AvgIpc) is 2.47. The number of fused-ring (bicyclic) bond motifs is 3. The molecule has 0 saturated heterocycles. The van der Waals surface area contributed by atoms with Crippen LogP contribution in [0.5, 0.6) is 0 Å². The van der Waals surface area contributed by atoms with E-state index >= 15 is 0 Å². The highest BCUT2D eigenvalue weighted by Crippen LogP contribution is 2.63. The van der Waals surface area contributed by atoms with Gasteiger partial charge in [-0.3, -0.25) is 4.79 Å². The maximum Gasteiger partial charge on any atom is 0.159 e. The molecule has 23 heavy (non-hydrogen) atoms. The zero-order valence-electron chi connectivity index (χ0n) is 14.7. The SMILES string of the molecule is C=CC1=CC(=O)[C@@H]2[C@H](CC[C@@H]3C(C)(C)[C@H](O)[C@H](O)C[C@@]23C)[C@@H]1C. The summed E-state index contributed by atoms with van der Waals surface area (Å²) < 4.78 is 0.